The third-order valence-corrected chi connectivity index (χ3v) is 2.48. The van der Waals surface area contributed by atoms with Crippen LogP contribution in [0.4, 0.5) is 0 Å². The number of rotatable bonds is 2. The third kappa shape index (κ3) is 2.39. The van der Waals surface area contributed by atoms with Crippen molar-refractivity contribution in [2.45, 2.75) is 6.92 Å². The summed E-state index contributed by atoms with van der Waals surface area (Å²) in [7, 11) is 0. The van der Waals surface area contributed by atoms with Crippen LogP contribution in [0, 0.1) is 6.92 Å². The Morgan fingerprint density at radius 1 is 1.27 bits per heavy atom. The molecule has 76 valence electrons. The summed E-state index contributed by atoms with van der Waals surface area (Å²) in [5.74, 6) is 0.768. The summed E-state index contributed by atoms with van der Waals surface area (Å²) in [6, 6.07) is 10.4. The van der Waals surface area contributed by atoms with Crippen molar-refractivity contribution in [3.05, 3.63) is 47.7 Å². The largest absolute Gasteiger partial charge is 0.253 e. The first-order valence-electron chi connectivity index (χ1n) is 4.94. The summed E-state index contributed by atoms with van der Waals surface area (Å²) < 4.78 is 0. The van der Waals surface area contributed by atoms with E-state index in [1.807, 2.05) is 19.1 Å². The summed E-state index contributed by atoms with van der Waals surface area (Å²) in [6.07, 6.45) is 4.11. The van der Waals surface area contributed by atoms with Crippen molar-refractivity contribution in [3.63, 3.8) is 0 Å². The number of hydrogen-bond donors (Lipinski definition) is 1. The Morgan fingerprint density at radius 2 is 2.13 bits per heavy atom. The van der Waals surface area contributed by atoms with Crippen molar-refractivity contribution in [1.29, 1.82) is 0 Å². The number of aryl methyl sites for hydroxylation is 1. The van der Waals surface area contributed by atoms with E-state index in [1.54, 1.807) is 0 Å². The first-order valence-corrected chi connectivity index (χ1v) is 5.57. The standard InChI is InChI=1S/C13H13NS/c1-10-4-6-12-9-11(3-2-8-15)5-7-13(12)14-10/h2-7,9,15H,8H2,1H3. The van der Waals surface area contributed by atoms with Crippen LogP contribution in [0.1, 0.15) is 11.3 Å². The van der Waals surface area contributed by atoms with Gasteiger partial charge >= 0.3 is 0 Å². The number of fused-ring (bicyclic) bond motifs is 1. The molecular weight excluding hydrogens is 202 g/mol. The lowest BCUT2D eigenvalue weighted by Gasteiger charge is -2.00. The van der Waals surface area contributed by atoms with Crippen molar-refractivity contribution in [1.82, 2.24) is 4.98 Å². The number of thiol groups is 1. The van der Waals surface area contributed by atoms with Crippen molar-refractivity contribution in [2.75, 3.05) is 5.75 Å². The molecule has 1 aromatic heterocycles. The molecule has 0 aliphatic rings. The van der Waals surface area contributed by atoms with Crippen LogP contribution in [0.25, 0.3) is 17.0 Å². The zero-order valence-corrected chi connectivity index (χ0v) is 9.54. The molecule has 0 radical (unpaired) electrons. The Hall–Kier alpha value is -1.28. The van der Waals surface area contributed by atoms with Gasteiger partial charge in [0.1, 0.15) is 0 Å². The fraction of sp³-hybridized carbons (Fsp3) is 0.154. The van der Waals surface area contributed by atoms with Crippen LogP contribution in [-0.4, -0.2) is 10.7 Å². The molecule has 1 aromatic carbocycles. The molecule has 0 saturated carbocycles. The zero-order chi connectivity index (χ0) is 10.7. The van der Waals surface area contributed by atoms with Gasteiger partial charge in [-0.25, -0.2) is 0 Å². The molecule has 2 heteroatoms. The normalized spacial score (nSPS) is 11.3. The van der Waals surface area contributed by atoms with Gasteiger partial charge in [0.15, 0.2) is 0 Å². The summed E-state index contributed by atoms with van der Waals surface area (Å²) >= 11 is 4.14. The van der Waals surface area contributed by atoms with E-state index in [1.165, 1.54) is 10.9 Å². The Balaban J connectivity index is 2.47. The van der Waals surface area contributed by atoms with E-state index in [9.17, 15) is 0 Å². The van der Waals surface area contributed by atoms with Crippen LogP contribution in [-0.2, 0) is 0 Å². The lowest BCUT2D eigenvalue weighted by molar-refractivity contribution is 1.26. The van der Waals surface area contributed by atoms with Gasteiger partial charge in [-0.05, 0) is 30.7 Å². The Kier molecular flexibility index (Phi) is 3.07. The molecule has 0 aliphatic heterocycles. The highest BCUT2D eigenvalue weighted by Crippen LogP contribution is 2.15. The van der Waals surface area contributed by atoms with Crippen molar-refractivity contribution in [2.24, 2.45) is 0 Å². The minimum Gasteiger partial charge on any atom is -0.253 e. The average Bonchev–Trinajstić information content (AvgIpc) is 2.26. The van der Waals surface area contributed by atoms with Crippen LogP contribution in [0.3, 0.4) is 0 Å². The maximum absolute atomic E-state index is 4.46. The van der Waals surface area contributed by atoms with E-state index in [4.69, 9.17) is 0 Å². The number of aromatic nitrogens is 1. The van der Waals surface area contributed by atoms with E-state index >= 15 is 0 Å². The maximum Gasteiger partial charge on any atom is 0.0705 e. The number of nitrogens with zero attached hydrogens (tertiary/aromatic N) is 1. The second-order valence-corrected chi connectivity index (χ2v) is 3.85. The van der Waals surface area contributed by atoms with Gasteiger partial charge in [0.25, 0.3) is 0 Å². The predicted molar refractivity (Wildman–Crippen MR) is 69.4 cm³/mol. The highest BCUT2D eigenvalue weighted by molar-refractivity contribution is 7.80. The SMILES string of the molecule is Cc1ccc2cc(C=CCS)ccc2n1. The summed E-state index contributed by atoms with van der Waals surface area (Å²) in [4.78, 5) is 4.46. The monoisotopic (exact) mass is 215 g/mol. The first kappa shape index (κ1) is 10.2. The van der Waals surface area contributed by atoms with Gasteiger partial charge in [0, 0.05) is 16.8 Å². The Labute approximate surface area is 95.3 Å². The second-order valence-electron chi connectivity index (χ2n) is 3.49. The predicted octanol–water partition coefficient (Wildman–Crippen LogP) is 3.49. The van der Waals surface area contributed by atoms with Crippen LogP contribution in [0.5, 0.6) is 0 Å². The van der Waals surface area contributed by atoms with Crippen LogP contribution >= 0.6 is 12.6 Å². The molecule has 1 nitrogen and oxygen atoms in total. The average molecular weight is 215 g/mol. The third-order valence-electron chi connectivity index (χ3n) is 2.27. The molecule has 0 fully saturated rings. The van der Waals surface area contributed by atoms with Gasteiger partial charge in [-0.15, -0.1) is 0 Å². The van der Waals surface area contributed by atoms with Gasteiger partial charge in [-0.3, -0.25) is 4.98 Å². The summed E-state index contributed by atoms with van der Waals surface area (Å²) in [6.45, 7) is 2.01. The number of hydrogen-bond acceptors (Lipinski definition) is 2. The first-order chi connectivity index (χ1) is 7.29. The fourth-order valence-electron chi connectivity index (χ4n) is 1.54. The van der Waals surface area contributed by atoms with Crippen LogP contribution in [0.2, 0.25) is 0 Å². The van der Waals surface area contributed by atoms with E-state index in [2.05, 4.69) is 48.0 Å². The molecule has 0 unspecified atom stereocenters. The Morgan fingerprint density at radius 3 is 2.93 bits per heavy atom. The molecule has 1 heterocycles. The smallest absolute Gasteiger partial charge is 0.0705 e. The molecule has 2 rings (SSSR count). The van der Waals surface area contributed by atoms with Crippen LogP contribution in [0.15, 0.2) is 36.4 Å². The Bertz CT molecular complexity index is 503. The zero-order valence-electron chi connectivity index (χ0n) is 8.64. The lowest BCUT2D eigenvalue weighted by Crippen LogP contribution is -1.83. The molecule has 0 atom stereocenters. The minimum atomic E-state index is 0.768. The van der Waals surface area contributed by atoms with Gasteiger partial charge in [-0.1, -0.05) is 24.3 Å². The van der Waals surface area contributed by atoms with E-state index in [-0.39, 0.29) is 0 Å². The molecule has 0 amide bonds. The van der Waals surface area contributed by atoms with Gasteiger partial charge < -0.3 is 0 Å². The highest BCUT2D eigenvalue weighted by Gasteiger charge is 1.95. The van der Waals surface area contributed by atoms with Gasteiger partial charge in [0.05, 0.1) is 5.52 Å². The second kappa shape index (κ2) is 4.49. The molecule has 0 aliphatic carbocycles. The van der Waals surface area contributed by atoms with Crippen molar-refractivity contribution < 1.29 is 0 Å². The molecule has 0 N–H and O–H groups in total. The molecule has 2 aromatic rings. The molecular formula is C13H13NS. The molecule has 0 spiro atoms. The molecule has 0 bridgehead atoms. The van der Waals surface area contributed by atoms with E-state index in [0.29, 0.717) is 0 Å². The van der Waals surface area contributed by atoms with Gasteiger partial charge in [0.2, 0.25) is 0 Å². The van der Waals surface area contributed by atoms with Crippen molar-refractivity contribution in [3.8, 4) is 0 Å². The maximum atomic E-state index is 4.46. The number of pyridine rings is 1. The van der Waals surface area contributed by atoms with E-state index < -0.39 is 0 Å². The number of benzene rings is 1. The van der Waals surface area contributed by atoms with Crippen LogP contribution < -0.4 is 0 Å². The van der Waals surface area contributed by atoms with Gasteiger partial charge in [-0.2, -0.15) is 12.6 Å². The summed E-state index contributed by atoms with van der Waals surface area (Å²) in [5.41, 5.74) is 3.31. The van der Waals surface area contributed by atoms with Crippen molar-refractivity contribution >= 4 is 29.6 Å². The topological polar surface area (TPSA) is 12.9 Å². The molecule has 15 heavy (non-hydrogen) atoms. The summed E-state index contributed by atoms with van der Waals surface area (Å²) in [5, 5.41) is 1.18. The lowest BCUT2D eigenvalue weighted by atomic mass is 10.1. The fourth-order valence-corrected chi connectivity index (χ4v) is 1.64. The minimum absolute atomic E-state index is 0.768. The highest BCUT2D eigenvalue weighted by atomic mass is 32.1. The van der Waals surface area contributed by atoms with E-state index in [0.717, 1.165) is 17.0 Å². The quantitative estimate of drug-likeness (QED) is 0.757. The molecule has 0 saturated heterocycles.